The summed E-state index contributed by atoms with van der Waals surface area (Å²) in [5.41, 5.74) is -1.10. The van der Waals surface area contributed by atoms with Gasteiger partial charge in [0.2, 0.25) is 5.60 Å². The number of benzene rings is 1. The van der Waals surface area contributed by atoms with E-state index >= 15 is 0 Å². The van der Waals surface area contributed by atoms with Crippen molar-refractivity contribution in [2.45, 2.75) is 55.4 Å². The predicted octanol–water partition coefficient (Wildman–Crippen LogP) is 1.06. The number of piperidine rings is 1. The second kappa shape index (κ2) is 8.80. The molecule has 1 aromatic carbocycles. The predicted molar refractivity (Wildman–Crippen MR) is 123 cm³/mol. The molecule has 3 aromatic rings. The largest absolute Gasteiger partial charge is 1.00 e. The molecule has 3 saturated heterocycles. The molecular formula is C25H25BrFNO4S2. The van der Waals surface area contributed by atoms with Crippen molar-refractivity contribution in [2.75, 3.05) is 7.05 Å². The van der Waals surface area contributed by atoms with E-state index in [9.17, 15) is 14.3 Å². The highest BCUT2D eigenvalue weighted by molar-refractivity contribution is 7.12. The van der Waals surface area contributed by atoms with Crippen LogP contribution in [0.3, 0.4) is 0 Å². The summed E-state index contributed by atoms with van der Waals surface area (Å²) in [5, 5.41) is 15.2. The van der Waals surface area contributed by atoms with Crippen molar-refractivity contribution in [3.63, 3.8) is 0 Å². The summed E-state index contributed by atoms with van der Waals surface area (Å²) in [6.07, 6.45) is 1.23. The fraction of sp³-hybridized carbons (Fsp3) is 0.400. The summed E-state index contributed by atoms with van der Waals surface area (Å²) in [5.74, 6) is -0.812. The molecule has 0 radical (unpaired) electrons. The number of hydrogen-bond acceptors (Lipinski definition) is 6. The number of esters is 1. The molecule has 3 fully saturated rings. The van der Waals surface area contributed by atoms with Gasteiger partial charge in [0.05, 0.1) is 16.8 Å². The van der Waals surface area contributed by atoms with Crippen LogP contribution < -0.4 is 17.0 Å². The first-order valence-corrected chi connectivity index (χ1v) is 12.9. The SMILES string of the molecule is C[N+]1(Cc2ccccc2F)C2CC(OC(=O)C(O)(c3cccs3)c3cccs3)CC1C1OC12.[Br-]. The van der Waals surface area contributed by atoms with Crippen LogP contribution in [0.2, 0.25) is 0 Å². The summed E-state index contributed by atoms with van der Waals surface area (Å²) in [6.45, 7) is 0.591. The highest BCUT2D eigenvalue weighted by atomic mass is 79.9. The van der Waals surface area contributed by atoms with Crippen molar-refractivity contribution in [2.24, 2.45) is 0 Å². The van der Waals surface area contributed by atoms with Gasteiger partial charge in [0.15, 0.2) is 0 Å². The molecular weight excluding hydrogens is 541 g/mol. The van der Waals surface area contributed by atoms with Gasteiger partial charge in [-0.3, -0.25) is 0 Å². The third-order valence-corrected chi connectivity index (χ3v) is 9.59. The summed E-state index contributed by atoms with van der Waals surface area (Å²) >= 11 is 2.68. The Morgan fingerprint density at radius 3 is 2.21 bits per heavy atom. The molecule has 1 N–H and O–H groups in total. The van der Waals surface area contributed by atoms with Crippen molar-refractivity contribution in [1.29, 1.82) is 0 Å². The molecule has 6 rings (SSSR count). The number of carbonyl (C=O) groups is 1. The Bertz CT molecular complexity index is 1120. The molecule has 3 aliphatic rings. The van der Waals surface area contributed by atoms with E-state index in [0.717, 1.165) is 0 Å². The number of likely N-dealkylation sites (N-methyl/N-ethyl adjacent to an activating group) is 1. The second-order valence-electron chi connectivity index (χ2n) is 9.46. The first-order valence-electron chi connectivity index (χ1n) is 11.2. The summed E-state index contributed by atoms with van der Waals surface area (Å²) < 4.78 is 27.0. The van der Waals surface area contributed by atoms with E-state index in [1.165, 1.54) is 28.7 Å². The van der Waals surface area contributed by atoms with Crippen molar-refractivity contribution < 1.29 is 45.2 Å². The second-order valence-corrected chi connectivity index (χ2v) is 11.4. The lowest BCUT2D eigenvalue weighted by atomic mass is 9.93. The highest BCUT2D eigenvalue weighted by Crippen LogP contribution is 2.54. The van der Waals surface area contributed by atoms with Crippen LogP contribution in [0.5, 0.6) is 0 Å². The average Bonchev–Trinajstić information content (AvgIpc) is 3.15. The topological polar surface area (TPSA) is 59.1 Å². The molecule has 4 atom stereocenters. The third-order valence-electron chi connectivity index (χ3n) is 7.64. The van der Waals surface area contributed by atoms with E-state index < -0.39 is 11.6 Å². The Morgan fingerprint density at radius 1 is 1.09 bits per heavy atom. The van der Waals surface area contributed by atoms with Crippen LogP contribution >= 0.6 is 22.7 Å². The molecule has 2 bridgehead atoms. The number of morpholine rings is 1. The fourth-order valence-corrected chi connectivity index (χ4v) is 7.62. The molecule has 5 nitrogen and oxygen atoms in total. The molecule has 5 heterocycles. The minimum absolute atomic E-state index is 0. The summed E-state index contributed by atoms with van der Waals surface area (Å²) in [7, 11) is 2.17. The van der Waals surface area contributed by atoms with Crippen LogP contribution in [0.4, 0.5) is 4.39 Å². The molecule has 0 amide bonds. The minimum atomic E-state index is -1.80. The molecule has 2 aromatic heterocycles. The van der Waals surface area contributed by atoms with E-state index in [1.807, 2.05) is 35.0 Å². The molecule has 4 unspecified atom stereocenters. The smallest absolute Gasteiger partial charge is 0.349 e. The maximum atomic E-state index is 14.4. The quantitative estimate of drug-likeness (QED) is 0.276. The van der Waals surface area contributed by atoms with Gasteiger partial charge in [0.1, 0.15) is 42.8 Å². The van der Waals surface area contributed by atoms with Gasteiger partial charge in [-0.05, 0) is 29.0 Å². The van der Waals surface area contributed by atoms with Crippen molar-refractivity contribution in [3.05, 3.63) is 80.4 Å². The Hall–Kier alpha value is -1.62. The van der Waals surface area contributed by atoms with Crippen molar-refractivity contribution in [3.8, 4) is 0 Å². The number of ether oxygens (including phenoxy) is 2. The normalized spacial score (nSPS) is 31.4. The van der Waals surface area contributed by atoms with Gasteiger partial charge < -0.3 is 36.0 Å². The standard InChI is InChI=1S/C25H25FNO4S2.BrH/c1-27(14-15-6-2-3-7-17(15)26)18-12-16(13-19(27)23-22(18)31-23)30-24(28)25(29,20-8-4-10-32-20)21-9-5-11-33-21;/h2-11,16,18-19,22-23,29H,12-14H2,1H3;1H/q+1;/p-1. The van der Waals surface area contributed by atoms with Crippen LogP contribution in [0, 0.1) is 5.82 Å². The number of halogens is 2. The van der Waals surface area contributed by atoms with Crippen LogP contribution in [0.15, 0.2) is 59.3 Å². The minimum Gasteiger partial charge on any atom is -1.00 e. The first kappa shape index (κ1) is 24.1. The lowest BCUT2D eigenvalue weighted by molar-refractivity contribution is -0.968. The molecule has 0 saturated carbocycles. The number of rotatable bonds is 6. The Balaban J connectivity index is 0.00000241. The zero-order chi connectivity index (χ0) is 22.8. The number of hydrogen-bond donors (Lipinski definition) is 1. The monoisotopic (exact) mass is 565 g/mol. The van der Waals surface area contributed by atoms with E-state index in [1.54, 1.807) is 18.2 Å². The van der Waals surface area contributed by atoms with Crippen LogP contribution in [0.25, 0.3) is 0 Å². The lowest BCUT2D eigenvalue weighted by Crippen LogP contribution is -3.00. The average molecular weight is 567 g/mol. The van der Waals surface area contributed by atoms with E-state index in [-0.39, 0.29) is 53.2 Å². The molecule has 9 heteroatoms. The van der Waals surface area contributed by atoms with Crippen LogP contribution in [-0.4, -0.2) is 53.0 Å². The lowest BCUT2D eigenvalue weighted by Gasteiger charge is -2.48. The zero-order valence-corrected chi connectivity index (χ0v) is 21.7. The van der Waals surface area contributed by atoms with Gasteiger partial charge in [0, 0.05) is 18.4 Å². The van der Waals surface area contributed by atoms with Gasteiger partial charge in [0.25, 0.3) is 0 Å². The van der Waals surface area contributed by atoms with E-state index in [2.05, 4.69) is 7.05 Å². The number of epoxide rings is 1. The number of thiophene rings is 2. The molecule has 34 heavy (non-hydrogen) atoms. The molecule has 0 spiro atoms. The molecule has 180 valence electrons. The third kappa shape index (κ3) is 3.68. The Kier molecular flexibility index (Phi) is 6.23. The van der Waals surface area contributed by atoms with Gasteiger partial charge in [-0.1, -0.05) is 30.3 Å². The highest BCUT2D eigenvalue weighted by Gasteiger charge is 2.72. The zero-order valence-electron chi connectivity index (χ0n) is 18.5. The van der Waals surface area contributed by atoms with E-state index in [4.69, 9.17) is 9.47 Å². The summed E-state index contributed by atoms with van der Waals surface area (Å²) in [6, 6.07) is 14.4. The maximum absolute atomic E-state index is 14.4. The number of carbonyl (C=O) groups excluding carboxylic acids is 1. The Morgan fingerprint density at radius 2 is 1.68 bits per heavy atom. The molecule has 3 aliphatic heterocycles. The fourth-order valence-electron chi connectivity index (χ4n) is 5.91. The number of quaternary nitrogens is 1. The van der Waals surface area contributed by atoms with Gasteiger partial charge in [-0.25, -0.2) is 9.18 Å². The number of nitrogens with zero attached hydrogens (tertiary/aromatic N) is 1. The first-order chi connectivity index (χ1) is 15.9. The Labute approximate surface area is 216 Å². The number of aliphatic hydroxyl groups is 1. The van der Waals surface area contributed by atoms with Gasteiger partial charge in [-0.15, -0.1) is 22.7 Å². The van der Waals surface area contributed by atoms with Crippen molar-refractivity contribution in [1.82, 2.24) is 0 Å². The van der Waals surface area contributed by atoms with Crippen molar-refractivity contribution >= 4 is 28.6 Å². The van der Waals surface area contributed by atoms with Crippen LogP contribution in [0.1, 0.15) is 28.2 Å². The van der Waals surface area contributed by atoms with E-state index in [0.29, 0.717) is 39.2 Å². The van der Waals surface area contributed by atoms with Crippen LogP contribution in [-0.2, 0) is 26.4 Å². The molecule has 0 aliphatic carbocycles. The number of fused-ring (bicyclic) bond motifs is 5. The summed E-state index contributed by atoms with van der Waals surface area (Å²) in [4.78, 5) is 14.5. The van der Waals surface area contributed by atoms with Gasteiger partial charge in [-0.2, -0.15) is 0 Å². The van der Waals surface area contributed by atoms with Gasteiger partial charge >= 0.3 is 5.97 Å². The maximum Gasteiger partial charge on any atom is 0.349 e.